The lowest BCUT2D eigenvalue weighted by Gasteiger charge is -2.24. The Morgan fingerprint density at radius 3 is 1.77 bits per heavy atom. The minimum atomic E-state index is 0.177. The van der Waals surface area contributed by atoms with Crippen molar-refractivity contribution in [3.05, 3.63) is 59.7 Å². The number of nitrogens with zero attached hydrogens (tertiary/aromatic N) is 4. The van der Waals surface area contributed by atoms with Gasteiger partial charge in [0.05, 0.1) is 14.2 Å². The molecule has 158 valence electrons. The minimum Gasteiger partial charge on any atom is -0.497 e. The summed E-state index contributed by atoms with van der Waals surface area (Å²) in [7, 11) is 3.31. The van der Waals surface area contributed by atoms with Crippen LogP contribution in [0.5, 0.6) is 11.5 Å². The predicted octanol–water partition coefficient (Wildman–Crippen LogP) is 3.50. The van der Waals surface area contributed by atoms with Gasteiger partial charge in [-0.3, -0.25) is 0 Å². The van der Waals surface area contributed by atoms with E-state index < -0.39 is 0 Å². The average Bonchev–Trinajstić information content (AvgIpc) is 2.73. The van der Waals surface area contributed by atoms with E-state index in [1.165, 1.54) is 0 Å². The summed E-state index contributed by atoms with van der Waals surface area (Å²) in [6, 6.07) is 16.0. The van der Waals surface area contributed by atoms with Crippen LogP contribution >= 0.6 is 0 Å². The Balaban J connectivity index is 1.91. The van der Waals surface area contributed by atoms with Crippen LogP contribution in [0.2, 0.25) is 0 Å². The van der Waals surface area contributed by atoms with Crippen LogP contribution in [0.25, 0.3) is 0 Å². The highest BCUT2D eigenvalue weighted by Crippen LogP contribution is 2.21. The lowest BCUT2D eigenvalue weighted by atomic mass is 10.1. The SMILES string of the molecule is COc1ccc(CN(Cc2ccc(OC)cc2)c2nc(N)nc(NC(C)C)n2)cc1. The van der Waals surface area contributed by atoms with Crippen molar-refractivity contribution in [2.75, 3.05) is 30.2 Å². The summed E-state index contributed by atoms with van der Waals surface area (Å²) < 4.78 is 10.5. The first kappa shape index (κ1) is 21.2. The molecule has 0 fully saturated rings. The fourth-order valence-corrected chi connectivity index (χ4v) is 2.94. The first-order chi connectivity index (χ1) is 14.5. The van der Waals surface area contributed by atoms with Gasteiger partial charge in [0.2, 0.25) is 17.8 Å². The minimum absolute atomic E-state index is 0.177. The second-order valence-electron chi connectivity index (χ2n) is 7.17. The zero-order valence-electron chi connectivity index (χ0n) is 17.8. The lowest BCUT2D eigenvalue weighted by molar-refractivity contribution is 0.414. The predicted molar refractivity (Wildman–Crippen MR) is 119 cm³/mol. The largest absolute Gasteiger partial charge is 0.497 e. The summed E-state index contributed by atoms with van der Waals surface area (Å²) in [6.45, 7) is 5.24. The second kappa shape index (κ2) is 9.78. The van der Waals surface area contributed by atoms with E-state index in [-0.39, 0.29) is 12.0 Å². The van der Waals surface area contributed by atoms with E-state index in [1.54, 1.807) is 14.2 Å². The Morgan fingerprint density at radius 2 is 1.33 bits per heavy atom. The molecule has 0 aliphatic heterocycles. The molecular formula is C22H28N6O2. The molecular weight excluding hydrogens is 380 g/mol. The van der Waals surface area contributed by atoms with Crippen molar-refractivity contribution in [3.63, 3.8) is 0 Å². The molecule has 0 bridgehead atoms. The number of nitrogens with one attached hydrogen (secondary N) is 1. The molecule has 8 nitrogen and oxygen atoms in total. The van der Waals surface area contributed by atoms with E-state index in [0.29, 0.717) is 25.0 Å². The molecule has 0 saturated heterocycles. The molecule has 3 N–H and O–H groups in total. The van der Waals surface area contributed by atoms with Gasteiger partial charge in [-0.1, -0.05) is 24.3 Å². The maximum Gasteiger partial charge on any atom is 0.232 e. The van der Waals surface area contributed by atoms with Crippen molar-refractivity contribution in [1.82, 2.24) is 15.0 Å². The molecule has 1 heterocycles. The Morgan fingerprint density at radius 1 is 0.833 bits per heavy atom. The maximum absolute atomic E-state index is 5.97. The summed E-state index contributed by atoms with van der Waals surface area (Å²) in [5.41, 5.74) is 8.17. The highest BCUT2D eigenvalue weighted by molar-refractivity contribution is 5.44. The number of hydrogen-bond donors (Lipinski definition) is 2. The summed E-state index contributed by atoms with van der Waals surface area (Å²) in [5.74, 6) is 2.78. The highest BCUT2D eigenvalue weighted by atomic mass is 16.5. The number of anilines is 3. The second-order valence-corrected chi connectivity index (χ2v) is 7.17. The van der Waals surface area contributed by atoms with Crippen molar-refractivity contribution in [3.8, 4) is 11.5 Å². The van der Waals surface area contributed by atoms with Gasteiger partial charge in [-0.05, 0) is 49.2 Å². The van der Waals surface area contributed by atoms with Gasteiger partial charge in [-0.15, -0.1) is 0 Å². The van der Waals surface area contributed by atoms with Crippen LogP contribution < -0.4 is 25.4 Å². The molecule has 0 radical (unpaired) electrons. The summed E-state index contributed by atoms with van der Waals surface area (Å²) in [5, 5.41) is 3.20. The van der Waals surface area contributed by atoms with E-state index in [2.05, 4.69) is 25.2 Å². The highest BCUT2D eigenvalue weighted by Gasteiger charge is 2.15. The fourth-order valence-electron chi connectivity index (χ4n) is 2.94. The summed E-state index contributed by atoms with van der Waals surface area (Å²) in [4.78, 5) is 15.3. The van der Waals surface area contributed by atoms with Crippen LogP contribution in [0.4, 0.5) is 17.8 Å². The first-order valence-electron chi connectivity index (χ1n) is 9.75. The molecule has 1 aromatic heterocycles. The van der Waals surface area contributed by atoms with Crippen molar-refractivity contribution >= 4 is 17.8 Å². The van der Waals surface area contributed by atoms with Crippen molar-refractivity contribution in [2.24, 2.45) is 0 Å². The van der Waals surface area contributed by atoms with Gasteiger partial charge in [0.1, 0.15) is 11.5 Å². The third-order valence-corrected chi connectivity index (χ3v) is 4.41. The van der Waals surface area contributed by atoms with Gasteiger partial charge in [-0.25, -0.2) is 0 Å². The molecule has 0 spiro atoms. The third kappa shape index (κ3) is 5.73. The first-order valence-corrected chi connectivity index (χ1v) is 9.75. The molecule has 3 rings (SSSR count). The van der Waals surface area contributed by atoms with Crippen LogP contribution in [0.3, 0.4) is 0 Å². The maximum atomic E-state index is 5.97. The van der Waals surface area contributed by atoms with Crippen LogP contribution in [0.15, 0.2) is 48.5 Å². The molecule has 8 heteroatoms. The Kier molecular flexibility index (Phi) is 6.90. The van der Waals surface area contributed by atoms with Gasteiger partial charge < -0.3 is 25.4 Å². The molecule has 0 aliphatic rings. The number of aromatic nitrogens is 3. The zero-order chi connectivity index (χ0) is 21.5. The van der Waals surface area contributed by atoms with Crippen LogP contribution in [0, 0.1) is 0 Å². The summed E-state index contributed by atoms with van der Waals surface area (Å²) >= 11 is 0. The van der Waals surface area contributed by atoms with Crippen molar-refractivity contribution < 1.29 is 9.47 Å². The summed E-state index contributed by atoms with van der Waals surface area (Å²) in [6.07, 6.45) is 0. The van der Waals surface area contributed by atoms with E-state index in [1.807, 2.05) is 62.4 Å². The van der Waals surface area contributed by atoms with E-state index >= 15 is 0 Å². The quantitative estimate of drug-likeness (QED) is 0.555. The number of nitrogens with two attached hydrogens (primary N) is 1. The van der Waals surface area contributed by atoms with Gasteiger partial charge in [0.15, 0.2) is 0 Å². The molecule has 30 heavy (non-hydrogen) atoms. The van der Waals surface area contributed by atoms with Gasteiger partial charge in [0.25, 0.3) is 0 Å². The van der Waals surface area contributed by atoms with E-state index in [9.17, 15) is 0 Å². The van der Waals surface area contributed by atoms with Crippen LogP contribution in [-0.4, -0.2) is 35.2 Å². The monoisotopic (exact) mass is 408 g/mol. The zero-order valence-corrected chi connectivity index (χ0v) is 17.8. The molecule has 0 aliphatic carbocycles. The topological polar surface area (TPSA) is 98.4 Å². The van der Waals surface area contributed by atoms with E-state index in [4.69, 9.17) is 15.2 Å². The molecule has 3 aromatic rings. The molecule has 0 saturated carbocycles. The lowest BCUT2D eigenvalue weighted by Crippen LogP contribution is -2.26. The third-order valence-electron chi connectivity index (χ3n) is 4.41. The molecule has 0 atom stereocenters. The fraction of sp³-hybridized carbons (Fsp3) is 0.318. The van der Waals surface area contributed by atoms with Crippen molar-refractivity contribution in [1.29, 1.82) is 0 Å². The number of rotatable bonds is 9. The molecule has 0 unspecified atom stereocenters. The molecule has 0 amide bonds. The van der Waals surface area contributed by atoms with Gasteiger partial charge in [0, 0.05) is 19.1 Å². The Hall–Kier alpha value is -3.55. The van der Waals surface area contributed by atoms with Gasteiger partial charge >= 0.3 is 0 Å². The normalized spacial score (nSPS) is 10.7. The number of nitrogen functional groups attached to an aromatic ring is 1. The number of benzene rings is 2. The van der Waals surface area contributed by atoms with Crippen LogP contribution in [-0.2, 0) is 13.1 Å². The van der Waals surface area contributed by atoms with Crippen LogP contribution in [0.1, 0.15) is 25.0 Å². The smallest absolute Gasteiger partial charge is 0.232 e. The van der Waals surface area contributed by atoms with Gasteiger partial charge in [-0.2, -0.15) is 15.0 Å². The number of methoxy groups -OCH3 is 2. The Bertz CT molecular complexity index is 895. The number of hydrogen-bond acceptors (Lipinski definition) is 8. The van der Waals surface area contributed by atoms with Crippen molar-refractivity contribution in [2.45, 2.75) is 33.0 Å². The standard InChI is InChI=1S/C22H28N6O2/c1-15(2)24-21-25-20(23)26-22(27-21)28(13-16-5-9-18(29-3)10-6-16)14-17-7-11-19(30-4)12-8-17/h5-12,15H,13-14H2,1-4H3,(H3,23,24,25,26,27). The number of ether oxygens (including phenoxy) is 2. The average molecular weight is 409 g/mol. The Labute approximate surface area is 177 Å². The van der Waals surface area contributed by atoms with E-state index in [0.717, 1.165) is 22.6 Å². The molecule has 2 aromatic carbocycles.